The van der Waals surface area contributed by atoms with Gasteiger partial charge in [-0.3, -0.25) is 0 Å². The van der Waals surface area contributed by atoms with Crippen LogP contribution in [0.25, 0.3) is 11.1 Å². The van der Waals surface area contributed by atoms with Crippen molar-refractivity contribution in [2.24, 2.45) is 0 Å². The lowest BCUT2D eigenvalue weighted by molar-refractivity contribution is 0.585. The molecule has 1 aromatic heterocycles. The molecule has 0 unspecified atom stereocenters. The van der Waals surface area contributed by atoms with Crippen LogP contribution < -0.4 is 0 Å². The van der Waals surface area contributed by atoms with E-state index in [0.717, 1.165) is 31.8 Å². The Balaban J connectivity index is 2.08. The molecule has 0 atom stereocenters. The average Bonchev–Trinajstić information content (AvgIpc) is 2.93. The molecule has 2 aromatic carbocycles. The maximum absolute atomic E-state index is 12.9. The molecule has 0 bridgehead atoms. The van der Waals surface area contributed by atoms with Crippen LogP contribution in [0.15, 0.2) is 70.2 Å². The number of aromatic nitrogens is 1. The molecule has 0 amide bonds. The third-order valence-corrected chi connectivity index (χ3v) is 7.08. The lowest BCUT2D eigenvalue weighted by Gasteiger charge is -2.08. The zero-order valence-corrected chi connectivity index (χ0v) is 17.2. The number of thioether (sulfide) groups is 1. The van der Waals surface area contributed by atoms with Crippen LogP contribution in [0, 0.1) is 6.92 Å². The fourth-order valence-corrected chi connectivity index (χ4v) is 5.60. The fraction of sp³-hybridized carbons (Fsp3) is 0.158. The Morgan fingerprint density at radius 2 is 1.80 bits per heavy atom. The van der Waals surface area contributed by atoms with Gasteiger partial charge >= 0.3 is 0 Å². The molecule has 6 heteroatoms. The van der Waals surface area contributed by atoms with Crippen molar-refractivity contribution in [3.63, 3.8) is 0 Å². The van der Waals surface area contributed by atoms with Crippen LogP contribution in [0.4, 0.5) is 0 Å². The quantitative estimate of drug-likeness (QED) is 0.508. The molecule has 0 radical (unpaired) electrons. The Morgan fingerprint density at radius 3 is 2.44 bits per heavy atom. The van der Waals surface area contributed by atoms with Crippen molar-refractivity contribution in [1.29, 1.82) is 0 Å². The average molecular weight is 436 g/mol. The van der Waals surface area contributed by atoms with Gasteiger partial charge in [-0.05, 0) is 36.4 Å². The van der Waals surface area contributed by atoms with Gasteiger partial charge in [-0.25, -0.2) is 12.4 Å². The molecule has 3 aromatic rings. The van der Waals surface area contributed by atoms with Crippen molar-refractivity contribution in [3.8, 4) is 11.1 Å². The summed E-state index contributed by atoms with van der Waals surface area (Å²) in [6.45, 7) is 1.86. The first-order valence-corrected chi connectivity index (χ1v) is 11.3. The normalized spacial score (nSPS) is 11.6. The van der Waals surface area contributed by atoms with E-state index in [-0.39, 0.29) is 5.75 Å². The molecule has 3 rings (SSSR count). The third-order valence-electron chi connectivity index (χ3n) is 3.98. The maximum Gasteiger partial charge on any atom is 0.242 e. The Morgan fingerprint density at radius 1 is 1.08 bits per heavy atom. The predicted octanol–water partition coefficient (Wildman–Crippen LogP) is 5.33. The van der Waals surface area contributed by atoms with Gasteiger partial charge in [0, 0.05) is 26.8 Å². The Bertz CT molecular complexity index is 996. The molecule has 25 heavy (non-hydrogen) atoms. The smallest absolute Gasteiger partial charge is 0.242 e. The number of hydrogen-bond acceptors (Lipinski definition) is 3. The number of nitrogens with zero attached hydrogens (tertiary/aromatic N) is 1. The van der Waals surface area contributed by atoms with Gasteiger partial charge in [0.15, 0.2) is 0 Å². The van der Waals surface area contributed by atoms with Crippen LogP contribution >= 0.6 is 27.7 Å². The third kappa shape index (κ3) is 3.86. The van der Waals surface area contributed by atoms with E-state index >= 15 is 0 Å². The van der Waals surface area contributed by atoms with Crippen LogP contribution in [0.2, 0.25) is 0 Å². The van der Waals surface area contributed by atoms with Crippen molar-refractivity contribution in [1.82, 2.24) is 3.97 Å². The number of rotatable bonds is 5. The molecule has 0 aliphatic heterocycles. The molecule has 1 heterocycles. The standard InChI is InChI=1S/C19H18BrNO2S2/c1-14-19(24-2)18(16-9-6-10-17(20)11-16)12-21(14)25(22,23)13-15-7-4-3-5-8-15/h3-12H,13H2,1-2H3. The van der Waals surface area contributed by atoms with Crippen LogP contribution in [0.5, 0.6) is 0 Å². The molecule has 0 fully saturated rings. The minimum atomic E-state index is -3.48. The molecule has 0 saturated carbocycles. The van der Waals surface area contributed by atoms with Gasteiger partial charge in [-0.2, -0.15) is 0 Å². The zero-order valence-electron chi connectivity index (χ0n) is 13.9. The van der Waals surface area contributed by atoms with E-state index in [1.807, 2.05) is 67.8 Å². The highest BCUT2D eigenvalue weighted by atomic mass is 79.9. The topological polar surface area (TPSA) is 39.1 Å². The van der Waals surface area contributed by atoms with Gasteiger partial charge in [0.1, 0.15) is 0 Å². The van der Waals surface area contributed by atoms with Crippen LogP contribution in [0.1, 0.15) is 11.3 Å². The van der Waals surface area contributed by atoms with Crippen molar-refractivity contribution >= 4 is 37.7 Å². The molecular weight excluding hydrogens is 418 g/mol. The summed E-state index contributed by atoms with van der Waals surface area (Å²) in [6.07, 6.45) is 3.71. The Labute approximate surface area is 161 Å². The minimum Gasteiger partial charge on any atom is -0.248 e. The van der Waals surface area contributed by atoms with Gasteiger partial charge in [0.05, 0.1) is 5.75 Å². The largest absolute Gasteiger partial charge is 0.248 e. The van der Waals surface area contributed by atoms with Crippen LogP contribution in [-0.4, -0.2) is 18.6 Å². The Kier molecular flexibility index (Phi) is 5.41. The molecule has 130 valence electrons. The first-order valence-electron chi connectivity index (χ1n) is 7.71. The zero-order chi connectivity index (χ0) is 18.0. The minimum absolute atomic E-state index is 0.0187. The van der Waals surface area contributed by atoms with E-state index in [0.29, 0.717) is 0 Å². The van der Waals surface area contributed by atoms with Crippen LogP contribution in [0.3, 0.4) is 0 Å². The van der Waals surface area contributed by atoms with Gasteiger partial charge < -0.3 is 0 Å². The van der Waals surface area contributed by atoms with E-state index in [9.17, 15) is 8.42 Å². The second-order valence-electron chi connectivity index (χ2n) is 5.71. The summed E-state index contributed by atoms with van der Waals surface area (Å²) in [5.41, 5.74) is 3.46. The van der Waals surface area contributed by atoms with Gasteiger partial charge in [-0.1, -0.05) is 58.4 Å². The highest BCUT2D eigenvalue weighted by molar-refractivity contribution is 9.10. The molecule has 0 aliphatic rings. The molecule has 3 nitrogen and oxygen atoms in total. The lowest BCUT2D eigenvalue weighted by Crippen LogP contribution is -2.15. The number of benzene rings is 2. The summed E-state index contributed by atoms with van der Waals surface area (Å²) < 4.78 is 28.3. The van der Waals surface area contributed by atoms with E-state index < -0.39 is 10.0 Å². The highest BCUT2D eigenvalue weighted by Crippen LogP contribution is 2.36. The van der Waals surface area contributed by atoms with E-state index in [1.54, 1.807) is 18.0 Å². The van der Waals surface area contributed by atoms with Crippen LogP contribution in [-0.2, 0) is 15.8 Å². The van der Waals surface area contributed by atoms with E-state index in [4.69, 9.17) is 0 Å². The maximum atomic E-state index is 12.9. The van der Waals surface area contributed by atoms with Gasteiger partial charge in [-0.15, -0.1) is 11.8 Å². The van der Waals surface area contributed by atoms with Crippen molar-refractivity contribution in [2.45, 2.75) is 17.6 Å². The van der Waals surface area contributed by atoms with Crippen molar-refractivity contribution < 1.29 is 8.42 Å². The first kappa shape index (κ1) is 18.3. The number of halogens is 1. The summed E-state index contributed by atoms with van der Waals surface area (Å²) in [4.78, 5) is 0.981. The molecule has 0 aliphatic carbocycles. The summed E-state index contributed by atoms with van der Waals surface area (Å²) in [6, 6.07) is 17.2. The molecule has 0 spiro atoms. The first-order chi connectivity index (χ1) is 11.9. The second-order valence-corrected chi connectivity index (χ2v) is 9.29. The summed E-state index contributed by atoms with van der Waals surface area (Å²) >= 11 is 5.05. The summed E-state index contributed by atoms with van der Waals surface area (Å²) in [5, 5.41) is 0. The summed E-state index contributed by atoms with van der Waals surface area (Å²) in [5.74, 6) is -0.0187. The van der Waals surface area contributed by atoms with E-state index in [1.165, 1.54) is 3.97 Å². The van der Waals surface area contributed by atoms with Gasteiger partial charge in [0.2, 0.25) is 10.0 Å². The van der Waals surface area contributed by atoms with Gasteiger partial charge in [0.25, 0.3) is 0 Å². The second kappa shape index (κ2) is 7.40. The highest BCUT2D eigenvalue weighted by Gasteiger charge is 2.22. The lowest BCUT2D eigenvalue weighted by atomic mass is 10.1. The SMILES string of the molecule is CSc1c(-c2cccc(Br)c2)cn(S(=O)(=O)Cc2ccccc2)c1C. The number of hydrogen-bond donors (Lipinski definition) is 0. The Hall–Kier alpha value is -1.50. The molecular formula is C19H18BrNO2S2. The van der Waals surface area contributed by atoms with E-state index in [2.05, 4.69) is 15.9 Å². The summed E-state index contributed by atoms with van der Waals surface area (Å²) in [7, 11) is -3.48. The fourth-order valence-electron chi connectivity index (χ4n) is 2.83. The monoisotopic (exact) mass is 435 g/mol. The predicted molar refractivity (Wildman–Crippen MR) is 109 cm³/mol. The molecule has 0 saturated heterocycles. The molecule has 0 N–H and O–H groups in total. The van der Waals surface area contributed by atoms with Crippen molar-refractivity contribution in [3.05, 3.63) is 76.5 Å². The van der Waals surface area contributed by atoms with Crippen molar-refractivity contribution in [2.75, 3.05) is 6.26 Å².